The van der Waals surface area contributed by atoms with Crippen LogP contribution in [0.15, 0.2) is 41.4 Å². The largest absolute Gasteiger partial charge is 0.573 e. The summed E-state index contributed by atoms with van der Waals surface area (Å²) >= 11 is 0. The molecule has 0 atom stereocenters. The van der Waals surface area contributed by atoms with Crippen molar-refractivity contribution in [2.45, 2.75) is 26.3 Å². The molecular weight excluding hydrogens is 410 g/mol. The first-order valence-electron chi connectivity index (χ1n) is 6.40. The maximum absolute atomic E-state index is 12.0. The van der Waals surface area contributed by atoms with E-state index in [4.69, 9.17) is 5.73 Å². The van der Waals surface area contributed by atoms with Crippen molar-refractivity contribution in [3.63, 3.8) is 0 Å². The van der Waals surface area contributed by atoms with E-state index in [0.29, 0.717) is 12.5 Å². The van der Waals surface area contributed by atoms with E-state index in [1.54, 1.807) is 0 Å². The molecule has 1 rings (SSSR count). The molecule has 0 saturated carbocycles. The first-order valence-corrected chi connectivity index (χ1v) is 6.40. The van der Waals surface area contributed by atoms with E-state index < -0.39 is 6.36 Å². The van der Waals surface area contributed by atoms with E-state index in [1.807, 2.05) is 19.1 Å². The van der Waals surface area contributed by atoms with Crippen molar-refractivity contribution in [1.82, 2.24) is 5.32 Å². The Labute approximate surface area is 144 Å². The summed E-state index contributed by atoms with van der Waals surface area (Å²) in [5, 5.41) is 2.93. The van der Waals surface area contributed by atoms with Gasteiger partial charge in [-0.3, -0.25) is 0 Å². The molecule has 0 fully saturated rings. The van der Waals surface area contributed by atoms with E-state index in [1.165, 1.54) is 24.3 Å². The second kappa shape index (κ2) is 10.3. The Hall–Kier alpha value is -1.45. The van der Waals surface area contributed by atoms with Crippen LogP contribution in [0.25, 0.3) is 0 Å². The Kier molecular flexibility index (Phi) is 9.63. The maximum Gasteiger partial charge on any atom is 0.573 e. The Balaban J connectivity index is 0.00000441. The summed E-state index contributed by atoms with van der Waals surface area (Å²) in [5.74, 6) is 0.0443. The Morgan fingerprint density at radius 3 is 2.50 bits per heavy atom. The highest BCUT2D eigenvalue weighted by atomic mass is 127. The van der Waals surface area contributed by atoms with Crippen LogP contribution >= 0.6 is 24.0 Å². The molecule has 0 heterocycles. The van der Waals surface area contributed by atoms with Crippen LogP contribution in [0.3, 0.4) is 0 Å². The molecular formula is C14H19F3IN3O. The molecule has 8 heteroatoms. The molecule has 0 aromatic heterocycles. The first kappa shape index (κ1) is 20.6. The average Bonchev–Trinajstić information content (AvgIpc) is 2.41. The molecule has 0 unspecified atom stereocenters. The van der Waals surface area contributed by atoms with Crippen LogP contribution in [0.4, 0.5) is 13.2 Å². The van der Waals surface area contributed by atoms with Crippen LogP contribution in [0.5, 0.6) is 5.75 Å². The molecule has 0 bridgehead atoms. The Morgan fingerprint density at radius 1 is 1.32 bits per heavy atom. The van der Waals surface area contributed by atoms with Crippen LogP contribution in [0.1, 0.15) is 18.9 Å². The van der Waals surface area contributed by atoms with Gasteiger partial charge in [0.05, 0.1) is 6.54 Å². The highest BCUT2D eigenvalue weighted by molar-refractivity contribution is 14.0. The summed E-state index contributed by atoms with van der Waals surface area (Å²) in [6.45, 7) is 2.90. The van der Waals surface area contributed by atoms with Crippen molar-refractivity contribution in [2.24, 2.45) is 10.7 Å². The van der Waals surface area contributed by atoms with Gasteiger partial charge in [-0.1, -0.05) is 24.3 Å². The third-order valence-corrected chi connectivity index (χ3v) is 2.44. The molecule has 3 N–H and O–H groups in total. The van der Waals surface area contributed by atoms with Gasteiger partial charge in [0.2, 0.25) is 0 Å². The summed E-state index contributed by atoms with van der Waals surface area (Å²) in [6, 6.07) is 5.51. The average molecular weight is 429 g/mol. The number of halogens is 4. The van der Waals surface area contributed by atoms with Gasteiger partial charge in [-0.15, -0.1) is 37.1 Å². The minimum Gasteiger partial charge on any atom is -0.406 e. The highest BCUT2D eigenvalue weighted by Crippen LogP contribution is 2.22. The van der Waals surface area contributed by atoms with Gasteiger partial charge >= 0.3 is 6.36 Å². The zero-order valence-electron chi connectivity index (χ0n) is 12.1. The fourth-order valence-corrected chi connectivity index (χ4v) is 1.48. The van der Waals surface area contributed by atoms with Gasteiger partial charge in [-0.25, -0.2) is 4.99 Å². The molecule has 4 nitrogen and oxygen atoms in total. The first-order chi connectivity index (χ1) is 9.90. The van der Waals surface area contributed by atoms with E-state index >= 15 is 0 Å². The second-order valence-electron chi connectivity index (χ2n) is 4.18. The van der Waals surface area contributed by atoms with Gasteiger partial charge in [0, 0.05) is 6.54 Å². The molecule has 124 valence electrons. The van der Waals surface area contributed by atoms with Gasteiger partial charge in [0.1, 0.15) is 5.75 Å². The van der Waals surface area contributed by atoms with Gasteiger partial charge in [-0.2, -0.15) is 0 Å². The van der Waals surface area contributed by atoms with Gasteiger partial charge in [0.25, 0.3) is 0 Å². The lowest BCUT2D eigenvalue weighted by atomic mass is 10.2. The number of hydrogen-bond donors (Lipinski definition) is 2. The molecule has 0 aliphatic heterocycles. The number of hydrogen-bond acceptors (Lipinski definition) is 2. The highest BCUT2D eigenvalue weighted by Gasteiger charge is 2.30. The maximum atomic E-state index is 12.0. The minimum atomic E-state index is -4.68. The summed E-state index contributed by atoms with van der Waals surface area (Å²) in [4.78, 5) is 4.09. The predicted octanol–water partition coefficient (Wildman–Crippen LogP) is 3.57. The number of nitrogens with two attached hydrogens (primary N) is 1. The number of nitrogens with one attached hydrogen (secondary N) is 1. The van der Waals surface area contributed by atoms with E-state index in [2.05, 4.69) is 15.0 Å². The van der Waals surface area contributed by atoms with Crippen LogP contribution in [0, 0.1) is 0 Å². The monoisotopic (exact) mass is 429 g/mol. The standard InChI is InChI=1S/C14H18F3N3O.HI/c1-2-3-4-9-19-13(18)20-10-11-5-7-12(8-6-11)21-14(15,16)17;/h2-3,5-8H,4,9-10H2,1H3,(H3,18,19,20);1H/b3-2+;. The molecule has 22 heavy (non-hydrogen) atoms. The lowest BCUT2D eigenvalue weighted by molar-refractivity contribution is -0.274. The van der Waals surface area contributed by atoms with Crippen molar-refractivity contribution in [3.05, 3.63) is 42.0 Å². The number of benzene rings is 1. The zero-order chi connectivity index (χ0) is 15.7. The smallest absolute Gasteiger partial charge is 0.406 e. The number of allylic oxidation sites excluding steroid dienone is 1. The SMILES string of the molecule is C/C=C/CCNC(N)=NCc1ccc(OC(F)(F)F)cc1.I. The molecule has 0 amide bonds. The van der Waals surface area contributed by atoms with Crippen LogP contribution < -0.4 is 15.8 Å². The summed E-state index contributed by atoms with van der Waals surface area (Å²) < 4.78 is 39.8. The fraction of sp³-hybridized carbons (Fsp3) is 0.357. The van der Waals surface area contributed by atoms with Gasteiger partial charge in [-0.05, 0) is 31.0 Å². The number of aliphatic imine (C=N–C) groups is 1. The quantitative estimate of drug-likeness (QED) is 0.239. The predicted molar refractivity (Wildman–Crippen MR) is 91.3 cm³/mol. The summed E-state index contributed by atoms with van der Waals surface area (Å²) in [7, 11) is 0. The molecule has 1 aromatic rings. The lowest BCUT2D eigenvalue weighted by Gasteiger charge is -2.09. The van der Waals surface area contributed by atoms with Crippen molar-refractivity contribution < 1.29 is 17.9 Å². The summed E-state index contributed by atoms with van der Waals surface area (Å²) in [5.41, 5.74) is 6.40. The van der Waals surface area contributed by atoms with Gasteiger partial charge in [0.15, 0.2) is 5.96 Å². The van der Waals surface area contributed by atoms with Crippen molar-refractivity contribution in [1.29, 1.82) is 0 Å². The number of alkyl halides is 3. The molecule has 0 spiro atoms. The number of ether oxygens (including phenoxy) is 1. The third-order valence-electron chi connectivity index (χ3n) is 2.44. The van der Waals surface area contributed by atoms with Crippen LogP contribution in [-0.4, -0.2) is 18.9 Å². The molecule has 0 saturated heterocycles. The van der Waals surface area contributed by atoms with Crippen molar-refractivity contribution >= 4 is 29.9 Å². The molecule has 0 aliphatic carbocycles. The second-order valence-corrected chi connectivity index (χ2v) is 4.18. The molecule has 0 aliphatic rings. The van der Waals surface area contributed by atoms with Crippen molar-refractivity contribution in [2.75, 3.05) is 6.54 Å². The van der Waals surface area contributed by atoms with E-state index in [-0.39, 0.29) is 36.3 Å². The van der Waals surface area contributed by atoms with Crippen LogP contribution in [0.2, 0.25) is 0 Å². The normalized spacial score (nSPS) is 12.1. The number of guanidine groups is 1. The lowest BCUT2D eigenvalue weighted by Crippen LogP contribution is -2.32. The van der Waals surface area contributed by atoms with Gasteiger partial charge < -0.3 is 15.8 Å². The van der Waals surface area contributed by atoms with Crippen molar-refractivity contribution in [3.8, 4) is 5.75 Å². The number of nitrogens with zero attached hydrogens (tertiary/aromatic N) is 1. The Morgan fingerprint density at radius 2 is 1.95 bits per heavy atom. The third kappa shape index (κ3) is 9.48. The zero-order valence-corrected chi connectivity index (χ0v) is 14.4. The molecule has 1 aromatic carbocycles. The fourth-order valence-electron chi connectivity index (χ4n) is 1.48. The van der Waals surface area contributed by atoms with Crippen LogP contribution in [-0.2, 0) is 6.54 Å². The minimum absolute atomic E-state index is 0. The number of rotatable bonds is 6. The van der Waals surface area contributed by atoms with E-state index in [9.17, 15) is 13.2 Å². The Bertz CT molecular complexity index is 487. The molecule has 0 radical (unpaired) electrons. The van der Waals surface area contributed by atoms with E-state index in [0.717, 1.165) is 12.0 Å². The summed E-state index contributed by atoms with van der Waals surface area (Å²) in [6.07, 6.45) is 0.108. The topological polar surface area (TPSA) is 59.6 Å².